The van der Waals surface area contributed by atoms with Gasteiger partial charge >= 0.3 is 0 Å². The van der Waals surface area contributed by atoms with Gasteiger partial charge in [-0.05, 0) is 24.1 Å². The van der Waals surface area contributed by atoms with Gasteiger partial charge < -0.3 is 4.74 Å². The average molecular weight is 197 g/mol. The van der Waals surface area contributed by atoms with Gasteiger partial charge in [0.25, 0.3) is 0 Å². The van der Waals surface area contributed by atoms with Gasteiger partial charge in [-0.15, -0.1) is 0 Å². The third-order valence-corrected chi connectivity index (χ3v) is 2.15. The summed E-state index contributed by atoms with van der Waals surface area (Å²) in [5.74, 6) is 0.804. The maximum atomic E-state index is 5.41. The second-order valence-corrected chi connectivity index (χ2v) is 3.23. The highest BCUT2D eigenvalue weighted by Gasteiger charge is 1.98. The van der Waals surface area contributed by atoms with Crippen LogP contribution < -0.4 is 4.74 Å². The normalized spacial score (nSPS) is 9.93. The first kappa shape index (κ1) is 9.78. The van der Waals surface area contributed by atoms with Crippen LogP contribution in [0.2, 0.25) is 0 Å². The molecule has 0 heterocycles. The van der Waals surface area contributed by atoms with Gasteiger partial charge in [0.05, 0.1) is 6.61 Å². The predicted octanol–water partition coefficient (Wildman–Crippen LogP) is 3.55. The Bertz CT molecular complexity index is 420. The average Bonchev–Trinajstić information content (AvgIpc) is 2.31. The summed E-state index contributed by atoms with van der Waals surface area (Å²) in [7, 11) is 0. The minimum absolute atomic E-state index is 0.675. The third kappa shape index (κ3) is 2.38. The highest BCUT2D eigenvalue weighted by atomic mass is 16.5. The van der Waals surface area contributed by atoms with Crippen molar-refractivity contribution in [3.05, 3.63) is 54.6 Å². The zero-order chi connectivity index (χ0) is 10.5. The van der Waals surface area contributed by atoms with Gasteiger partial charge in [-0.25, -0.2) is 0 Å². The van der Waals surface area contributed by atoms with Crippen molar-refractivity contribution in [2.75, 3.05) is 6.61 Å². The van der Waals surface area contributed by atoms with Gasteiger partial charge in [-0.1, -0.05) is 42.5 Å². The number of rotatable bonds is 3. The lowest BCUT2D eigenvalue weighted by Gasteiger charge is -2.05. The fraction of sp³-hybridized carbons (Fsp3) is 0.143. The number of hydrogen-bond donors (Lipinski definition) is 0. The van der Waals surface area contributed by atoms with E-state index in [-0.39, 0.29) is 0 Å². The highest BCUT2D eigenvalue weighted by molar-refractivity contribution is 5.63. The largest absolute Gasteiger partial charge is 0.493 e. The van der Waals surface area contributed by atoms with E-state index >= 15 is 0 Å². The van der Waals surface area contributed by atoms with Crippen LogP contribution in [-0.2, 0) is 0 Å². The van der Waals surface area contributed by atoms with Gasteiger partial charge in [-0.3, -0.25) is 0 Å². The van der Waals surface area contributed by atoms with Gasteiger partial charge in [0.1, 0.15) is 5.75 Å². The molecule has 0 bridgehead atoms. The van der Waals surface area contributed by atoms with E-state index in [0.717, 1.165) is 11.3 Å². The molecule has 2 aromatic rings. The zero-order valence-corrected chi connectivity index (χ0v) is 8.73. The molecule has 0 saturated carbocycles. The first-order chi connectivity index (χ1) is 7.40. The van der Waals surface area contributed by atoms with E-state index < -0.39 is 0 Å². The molecule has 0 aromatic heterocycles. The summed E-state index contributed by atoms with van der Waals surface area (Å²) in [5.41, 5.74) is 2.24. The maximum Gasteiger partial charge on any atom is 0.127 e. The van der Waals surface area contributed by atoms with E-state index in [1.807, 2.05) is 43.3 Å². The van der Waals surface area contributed by atoms with Crippen LogP contribution in [-0.4, -0.2) is 6.61 Å². The Hall–Kier alpha value is -1.76. The molecular weight excluding hydrogens is 184 g/mol. The second-order valence-electron chi connectivity index (χ2n) is 3.23. The molecule has 0 saturated heterocycles. The topological polar surface area (TPSA) is 9.23 Å². The summed E-state index contributed by atoms with van der Waals surface area (Å²) in [6.45, 7) is 2.65. The molecule has 75 valence electrons. The molecule has 0 aliphatic heterocycles. The van der Waals surface area contributed by atoms with Crippen LogP contribution in [0.1, 0.15) is 6.92 Å². The smallest absolute Gasteiger partial charge is 0.127 e. The molecule has 1 nitrogen and oxygen atoms in total. The van der Waals surface area contributed by atoms with Gasteiger partial charge in [0.2, 0.25) is 0 Å². The number of ether oxygens (including phenoxy) is 1. The zero-order valence-electron chi connectivity index (χ0n) is 8.73. The van der Waals surface area contributed by atoms with Crippen molar-refractivity contribution in [2.24, 2.45) is 0 Å². The molecule has 2 rings (SSSR count). The van der Waals surface area contributed by atoms with Crippen molar-refractivity contribution >= 4 is 0 Å². The second kappa shape index (κ2) is 4.65. The molecular formula is C14H13O. The molecule has 0 amide bonds. The Morgan fingerprint density at radius 2 is 1.80 bits per heavy atom. The van der Waals surface area contributed by atoms with Crippen molar-refractivity contribution < 1.29 is 4.74 Å². The SMILES string of the molecule is CCOc1[c]c(-c2ccccc2)ccc1. The van der Waals surface area contributed by atoms with Crippen LogP contribution in [0.4, 0.5) is 0 Å². The van der Waals surface area contributed by atoms with E-state index in [1.54, 1.807) is 0 Å². The molecule has 0 aliphatic carbocycles. The maximum absolute atomic E-state index is 5.41. The van der Waals surface area contributed by atoms with Crippen molar-refractivity contribution in [1.29, 1.82) is 0 Å². The summed E-state index contributed by atoms with van der Waals surface area (Å²) in [6.07, 6.45) is 0. The Kier molecular flexibility index (Phi) is 3.03. The Labute approximate surface area is 90.3 Å². The van der Waals surface area contributed by atoms with E-state index in [2.05, 4.69) is 18.2 Å². The van der Waals surface area contributed by atoms with Crippen molar-refractivity contribution in [3.63, 3.8) is 0 Å². The standard InChI is InChI=1S/C14H13O/c1-2-15-14-10-6-9-13(11-14)12-7-4-3-5-8-12/h3-10H,2H2,1H3. The van der Waals surface area contributed by atoms with Crippen molar-refractivity contribution in [2.45, 2.75) is 6.92 Å². The molecule has 0 fully saturated rings. The van der Waals surface area contributed by atoms with Crippen molar-refractivity contribution in [1.82, 2.24) is 0 Å². The first-order valence-electron chi connectivity index (χ1n) is 5.10. The van der Waals surface area contributed by atoms with Gasteiger partial charge in [0, 0.05) is 6.07 Å². The molecule has 2 aromatic carbocycles. The fourth-order valence-electron chi connectivity index (χ4n) is 1.47. The summed E-state index contributed by atoms with van der Waals surface area (Å²) in [4.78, 5) is 0. The Morgan fingerprint density at radius 1 is 1.00 bits per heavy atom. The summed E-state index contributed by atoms with van der Waals surface area (Å²) >= 11 is 0. The summed E-state index contributed by atoms with van der Waals surface area (Å²) < 4.78 is 5.41. The molecule has 0 unspecified atom stereocenters. The Balaban J connectivity index is 2.33. The highest BCUT2D eigenvalue weighted by Crippen LogP contribution is 2.22. The molecule has 0 spiro atoms. The van der Waals surface area contributed by atoms with Crippen molar-refractivity contribution in [3.8, 4) is 16.9 Å². The van der Waals surface area contributed by atoms with Crippen LogP contribution in [0.25, 0.3) is 11.1 Å². The molecule has 0 atom stereocenters. The summed E-state index contributed by atoms with van der Waals surface area (Å²) in [5, 5.41) is 0. The number of benzene rings is 2. The lowest BCUT2D eigenvalue weighted by atomic mass is 10.1. The predicted molar refractivity (Wildman–Crippen MR) is 61.9 cm³/mol. The minimum Gasteiger partial charge on any atom is -0.493 e. The first-order valence-corrected chi connectivity index (χ1v) is 5.10. The fourth-order valence-corrected chi connectivity index (χ4v) is 1.47. The van der Waals surface area contributed by atoms with E-state index in [9.17, 15) is 0 Å². The molecule has 0 aliphatic rings. The summed E-state index contributed by atoms with van der Waals surface area (Å²) in [6, 6.07) is 19.4. The quantitative estimate of drug-likeness (QED) is 0.731. The Morgan fingerprint density at radius 3 is 2.53 bits per heavy atom. The van der Waals surface area contributed by atoms with Gasteiger partial charge in [-0.2, -0.15) is 0 Å². The lowest BCUT2D eigenvalue weighted by molar-refractivity contribution is 0.339. The molecule has 15 heavy (non-hydrogen) atoms. The molecule has 0 N–H and O–H groups in total. The van der Waals surface area contributed by atoms with Crippen LogP contribution in [0.5, 0.6) is 5.75 Å². The van der Waals surface area contributed by atoms with Crippen LogP contribution >= 0.6 is 0 Å². The molecule has 1 radical (unpaired) electrons. The van der Waals surface area contributed by atoms with Crippen LogP contribution in [0, 0.1) is 6.07 Å². The number of hydrogen-bond acceptors (Lipinski definition) is 1. The van der Waals surface area contributed by atoms with Crippen LogP contribution in [0.3, 0.4) is 0 Å². The monoisotopic (exact) mass is 197 g/mol. The third-order valence-electron chi connectivity index (χ3n) is 2.15. The van der Waals surface area contributed by atoms with E-state index in [1.165, 1.54) is 5.56 Å². The van der Waals surface area contributed by atoms with Gasteiger partial charge in [0.15, 0.2) is 0 Å². The molecule has 1 heteroatoms. The van der Waals surface area contributed by atoms with E-state index in [0.29, 0.717) is 6.61 Å². The van der Waals surface area contributed by atoms with E-state index in [4.69, 9.17) is 4.74 Å². The lowest BCUT2D eigenvalue weighted by Crippen LogP contribution is -1.91. The van der Waals surface area contributed by atoms with Crippen LogP contribution in [0.15, 0.2) is 48.5 Å². The minimum atomic E-state index is 0.675.